The van der Waals surface area contributed by atoms with E-state index in [9.17, 15) is 18.8 Å². The van der Waals surface area contributed by atoms with Crippen LogP contribution in [-0.2, 0) is 20.7 Å². The molecule has 2 amide bonds. The number of hydrogen-bond acceptors (Lipinski definition) is 6. The van der Waals surface area contributed by atoms with Crippen LogP contribution in [-0.4, -0.2) is 43.7 Å². The fourth-order valence-corrected chi connectivity index (χ4v) is 3.93. The quantitative estimate of drug-likeness (QED) is 0.299. The van der Waals surface area contributed by atoms with Crippen molar-refractivity contribution in [3.63, 3.8) is 0 Å². The van der Waals surface area contributed by atoms with Crippen LogP contribution in [0.15, 0.2) is 29.3 Å². The van der Waals surface area contributed by atoms with Crippen LogP contribution in [0.3, 0.4) is 0 Å². The minimum atomic E-state index is -0.789. The fourth-order valence-electron chi connectivity index (χ4n) is 3.48. The molecule has 0 radical (unpaired) electrons. The number of carbonyl (C=O) groups excluding carboxylic acids is 3. The first-order chi connectivity index (χ1) is 16.7. The fraction of sp³-hybridized carbons (Fsp3) is 0.333. The van der Waals surface area contributed by atoms with Crippen molar-refractivity contribution in [3.8, 4) is 0 Å². The molecule has 1 heterocycles. The summed E-state index contributed by atoms with van der Waals surface area (Å²) in [5, 5.41) is 7.43. The number of fused-ring (bicyclic) bond motifs is 1. The Labute approximate surface area is 215 Å². The summed E-state index contributed by atoms with van der Waals surface area (Å²) >= 11 is 1.95. The normalized spacial score (nSPS) is 14.1. The smallest absolute Gasteiger partial charge is 0.325 e. The standard InChI is InChI=1S/C24H25F2IN4O4/c1-3-13-7-14-8-16(24(34)30-11-19(32)28-12-20(33)35-4-2)23(21(26)22(14)29-10-13)31-18-6-5-15(27)9-17(18)25/h5-6,8-10,13,31H,3-4,7,11-12H2,1-2H3,(H,28,32)(H,30,34)/t13-/m1/s1. The van der Waals surface area contributed by atoms with Gasteiger partial charge in [0.25, 0.3) is 5.91 Å². The van der Waals surface area contributed by atoms with Gasteiger partial charge in [0.15, 0.2) is 5.82 Å². The van der Waals surface area contributed by atoms with Crippen LogP contribution in [0.4, 0.5) is 25.8 Å². The lowest BCUT2D eigenvalue weighted by molar-refractivity contribution is -0.143. The number of benzene rings is 2. The molecular formula is C24H25F2IN4O4. The Morgan fingerprint density at radius 3 is 2.60 bits per heavy atom. The number of carbonyl (C=O) groups is 3. The Bertz CT molecular complexity index is 1170. The van der Waals surface area contributed by atoms with E-state index in [0.717, 1.165) is 6.42 Å². The highest BCUT2D eigenvalue weighted by Gasteiger charge is 2.26. The van der Waals surface area contributed by atoms with E-state index in [0.29, 0.717) is 15.6 Å². The number of halogens is 3. The summed E-state index contributed by atoms with van der Waals surface area (Å²) in [5.41, 5.74) is 0.274. The number of hydrogen-bond donors (Lipinski definition) is 3. The van der Waals surface area contributed by atoms with Gasteiger partial charge in [0.2, 0.25) is 5.91 Å². The third-order valence-electron chi connectivity index (χ3n) is 5.32. The van der Waals surface area contributed by atoms with Gasteiger partial charge in [-0.2, -0.15) is 0 Å². The van der Waals surface area contributed by atoms with Gasteiger partial charge < -0.3 is 20.7 Å². The summed E-state index contributed by atoms with van der Waals surface area (Å²) < 4.78 is 35.4. The second kappa shape index (κ2) is 12.0. The maximum atomic E-state index is 15.6. The molecule has 1 aliphatic heterocycles. The Balaban J connectivity index is 1.87. The van der Waals surface area contributed by atoms with Crippen molar-refractivity contribution in [3.05, 3.63) is 50.6 Å². The Morgan fingerprint density at radius 1 is 1.14 bits per heavy atom. The summed E-state index contributed by atoms with van der Waals surface area (Å²) in [6, 6.07) is 5.87. The molecule has 0 saturated carbocycles. The lowest BCUT2D eigenvalue weighted by Gasteiger charge is -2.22. The second-order valence-electron chi connectivity index (χ2n) is 7.79. The third kappa shape index (κ3) is 6.74. The van der Waals surface area contributed by atoms with E-state index in [-0.39, 0.29) is 41.7 Å². The summed E-state index contributed by atoms with van der Waals surface area (Å²) in [7, 11) is 0. The summed E-state index contributed by atoms with van der Waals surface area (Å²) in [6.45, 7) is 3.00. The minimum absolute atomic E-state index is 0.0169. The van der Waals surface area contributed by atoms with Crippen LogP contribution in [0, 0.1) is 21.1 Å². The average molecular weight is 598 g/mol. The van der Waals surface area contributed by atoms with Crippen LogP contribution < -0.4 is 16.0 Å². The minimum Gasteiger partial charge on any atom is -0.465 e. The highest BCUT2D eigenvalue weighted by atomic mass is 127. The Hall–Kier alpha value is -3.09. The van der Waals surface area contributed by atoms with E-state index in [1.165, 1.54) is 18.2 Å². The van der Waals surface area contributed by atoms with Gasteiger partial charge in [0.1, 0.15) is 18.0 Å². The molecule has 11 heteroatoms. The van der Waals surface area contributed by atoms with Gasteiger partial charge in [-0.25, -0.2) is 8.78 Å². The van der Waals surface area contributed by atoms with Crippen LogP contribution in [0.5, 0.6) is 0 Å². The van der Waals surface area contributed by atoms with E-state index in [1.54, 1.807) is 19.2 Å². The maximum absolute atomic E-state index is 15.6. The van der Waals surface area contributed by atoms with Gasteiger partial charge in [0.05, 0.1) is 30.1 Å². The number of ether oxygens (including phenoxy) is 1. The topological polar surface area (TPSA) is 109 Å². The summed E-state index contributed by atoms with van der Waals surface area (Å²) in [6.07, 6.45) is 2.96. The molecule has 0 spiro atoms. The van der Waals surface area contributed by atoms with Gasteiger partial charge in [-0.05, 0) is 78.1 Å². The molecule has 0 bridgehead atoms. The first kappa shape index (κ1) is 26.5. The lowest BCUT2D eigenvalue weighted by atomic mass is 9.92. The molecule has 1 atom stereocenters. The van der Waals surface area contributed by atoms with Crippen molar-refractivity contribution in [1.82, 2.24) is 10.6 Å². The number of aliphatic imine (C=N–C) groups is 1. The molecule has 3 rings (SSSR count). The molecular weight excluding hydrogens is 573 g/mol. The molecule has 8 nitrogen and oxygen atoms in total. The largest absolute Gasteiger partial charge is 0.465 e. The monoisotopic (exact) mass is 598 g/mol. The lowest BCUT2D eigenvalue weighted by Crippen LogP contribution is -2.39. The number of anilines is 2. The SMILES string of the molecule is CCOC(=O)CNC(=O)CNC(=O)c1cc2c(c(F)c1Nc1ccc(I)cc1F)N=C[C@H](CC)C2. The van der Waals surface area contributed by atoms with Crippen molar-refractivity contribution >= 4 is 63.7 Å². The molecule has 3 N–H and O–H groups in total. The molecule has 0 unspecified atom stereocenters. The summed E-state index contributed by atoms with van der Waals surface area (Å²) in [4.78, 5) is 40.7. The molecule has 35 heavy (non-hydrogen) atoms. The zero-order chi connectivity index (χ0) is 25.5. The number of esters is 1. The van der Waals surface area contributed by atoms with Crippen LogP contribution in [0.1, 0.15) is 36.2 Å². The molecule has 2 aromatic rings. The zero-order valence-electron chi connectivity index (χ0n) is 19.2. The molecule has 0 aliphatic carbocycles. The van der Waals surface area contributed by atoms with Gasteiger partial charge >= 0.3 is 5.97 Å². The second-order valence-corrected chi connectivity index (χ2v) is 9.03. The predicted octanol–water partition coefficient (Wildman–Crippen LogP) is 4.01. The number of amides is 2. The van der Waals surface area contributed by atoms with Gasteiger partial charge in [0, 0.05) is 9.78 Å². The molecule has 186 valence electrons. The predicted molar refractivity (Wildman–Crippen MR) is 136 cm³/mol. The van der Waals surface area contributed by atoms with E-state index in [4.69, 9.17) is 4.74 Å². The van der Waals surface area contributed by atoms with Crippen molar-refractivity contribution in [1.29, 1.82) is 0 Å². The first-order valence-corrected chi connectivity index (χ1v) is 12.1. The molecule has 0 fully saturated rings. The maximum Gasteiger partial charge on any atom is 0.325 e. The average Bonchev–Trinajstić information content (AvgIpc) is 2.84. The highest BCUT2D eigenvalue weighted by Crippen LogP contribution is 2.38. The molecule has 0 aromatic heterocycles. The van der Waals surface area contributed by atoms with Gasteiger partial charge in [-0.15, -0.1) is 0 Å². The van der Waals surface area contributed by atoms with Crippen molar-refractivity contribution < 1.29 is 27.9 Å². The number of nitrogens with one attached hydrogen (secondary N) is 3. The van der Waals surface area contributed by atoms with Crippen molar-refractivity contribution in [2.45, 2.75) is 26.7 Å². The summed E-state index contributed by atoms with van der Waals surface area (Å²) in [5.74, 6) is -3.29. The molecule has 0 saturated heterocycles. The Kier molecular flexibility index (Phi) is 9.13. The van der Waals surface area contributed by atoms with Gasteiger partial charge in [-0.1, -0.05) is 6.92 Å². The van der Waals surface area contributed by atoms with E-state index >= 15 is 4.39 Å². The van der Waals surface area contributed by atoms with Gasteiger partial charge in [-0.3, -0.25) is 19.4 Å². The van der Waals surface area contributed by atoms with Crippen LogP contribution in [0.2, 0.25) is 0 Å². The Morgan fingerprint density at radius 2 is 1.91 bits per heavy atom. The van der Waals surface area contributed by atoms with Crippen LogP contribution in [0.25, 0.3) is 0 Å². The van der Waals surface area contributed by atoms with Crippen molar-refractivity contribution in [2.24, 2.45) is 10.9 Å². The first-order valence-electron chi connectivity index (χ1n) is 11.1. The van der Waals surface area contributed by atoms with E-state index in [2.05, 4.69) is 20.9 Å². The van der Waals surface area contributed by atoms with Crippen LogP contribution >= 0.6 is 22.6 Å². The van der Waals surface area contributed by atoms with E-state index < -0.39 is 36.0 Å². The molecule has 1 aliphatic rings. The van der Waals surface area contributed by atoms with E-state index in [1.807, 2.05) is 29.5 Å². The highest BCUT2D eigenvalue weighted by molar-refractivity contribution is 14.1. The van der Waals surface area contributed by atoms with Crippen molar-refractivity contribution in [2.75, 3.05) is 25.0 Å². The zero-order valence-corrected chi connectivity index (χ0v) is 21.4. The molecule has 2 aromatic carbocycles. The third-order valence-corrected chi connectivity index (χ3v) is 5.99. The number of rotatable bonds is 9. The number of nitrogens with zero attached hydrogens (tertiary/aromatic N) is 1.